The zero-order valence-corrected chi connectivity index (χ0v) is 15.4. The van der Waals surface area contributed by atoms with Crippen molar-refractivity contribution in [3.8, 4) is 0 Å². The first kappa shape index (κ1) is 17.8. The number of nitrogens with zero attached hydrogens (tertiary/aromatic N) is 3. The lowest BCUT2D eigenvalue weighted by Crippen LogP contribution is -2.36. The van der Waals surface area contributed by atoms with Crippen LogP contribution in [0.3, 0.4) is 0 Å². The highest BCUT2D eigenvalue weighted by Gasteiger charge is 2.27. The molecule has 2 N–H and O–H groups in total. The van der Waals surface area contributed by atoms with Crippen LogP contribution in [-0.2, 0) is 31.3 Å². The zero-order chi connectivity index (χ0) is 19.0. The van der Waals surface area contributed by atoms with Crippen molar-refractivity contribution in [1.29, 1.82) is 0 Å². The maximum absolute atomic E-state index is 12.9. The first-order valence-electron chi connectivity index (χ1n) is 9.17. The molecule has 0 spiro atoms. The van der Waals surface area contributed by atoms with E-state index in [0.717, 1.165) is 43.3 Å². The number of amides is 2. The summed E-state index contributed by atoms with van der Waals surface area (Å²) in [5.74, 6) is 0.277. The van der Waals surface area contributed by atoms with Crippen molar-refractivity contribution in [2.75, 3.05) is 32.8 Å². The summed E-state index contributed by atoms with van der Waals surface area (Å²) >= 11 is 0. The Morgan fingerprint density at radius 1 is 1.19 bits per heavy atom. The van der Waals surface area contributed by atoms with Crippen molar-refractivity contribution in [2.45, 2.75) is 19.5 Å². The van der Waals surface area contributed by atoms with E-state index >= 15 is 0 Å². The second kappa shape index (κ2) is 7.21. The largest absolute Gasteiger partial charge is 0.467 e. The van der Waals surface area contributed by atoms with E-state index in [1.807, 2.05) is 19.2 Å². The Kier molecular flexibility index (Phi) is 4.75. The normalized spacial score (nSPS) is 17.7. The second-order valence-electron chi connectivity index (χ2n) is 7.09. The highest BCUT2D eigenvalue weighted by Crippen LogP contribution is 2.24. The summed E-state index contributed by atoms with van der Waals surface area (Å²) in [4.78, 5) is 28.5. The first-order chi connectivity index (χ1) is 13.0. The Balaban J connectivity index is 1.45. The molecule has 0 bridgehead atoms. The van der Waals surface area contributed by atoms with Crippen LogP contribution in [0.25, 0.3) is 0 Å². The van der Waals surface area contributed by atoms with E-state index in [2.05, 4.69) is 4.90 Å². The van der Waals surface area contributed by atoms with Gasteiger partial charge in [0.25, 0.3) is 11.8 Å². The maximum atomic E-state index is 12.9. The molecule has 8 nitrogen and oxygen atoms in total. The molecule has 0 aromatic carbocycles. The predicted octanol–water partition coefficient (Wildman–Crippen LogP) is 0.748. The number of furan rings is 1. The Labute approximate surface area is 157 Å². The van der Waals surface area contributed by atoms with Crippen molar-refractivity contribution in [1.82, 2.24) is 14.4 Å². The SMILES string of the molecule is Cn1c(C(N)=O)cc2c1CN(C(=O)c1coc(CN3CCOCC3)c1)CC2. The number of primary amides is 1. The van der Waals surface area contributed by atoms with E-state index in [9.17, 15) is 9.59 Å². The third-order valence-corrected chi connectivity index (χ3v) is 5.36. The van der Waals surface area contributed by atoms with E-state index in [0.29, 0.717) is 37.3 Å². The summed E-state index contributed by atoms with van der Waals surface area (Å²) < 4.78 is 12.8. The van der Waals surface area contributed by atoms with E-state index in [1.54, 1.807) is 9.47 Å². The monoisotopic (exact) mass is 372 g/mol. The molecule has 2 aromatic rings. The molecule has 0 aliphatic carbocycles. The van der Waals surface area contributed by atoms with Gasteiger partial charge in [0.05, 0.1) is 31.9 Å². The molecule has 2 aliphatic heterocycles. The number of carbonyl (C=O) groups is 2. The number of fused-ring (bicyclic) bond motifs is 1. The van der Waals surface area contributed by atoms with Crippen molar-refractivity contribution < 1.29 is 18.7 Å². The lowest BCUT2D eigenvalue weighted by atomic mass is 10.1. The molecule has 144 valence electrons. The van der Waals surface area contributed by atoms with Crippen LogP contribution in [0.15, 0.2) is 22.8 Å². The van der Waals surface area contributed by atoms with Crippen LogP contribution in [0, 0.1) is 0 Å². The average Bonchev–Trinajstić information content (AvgIpc) is 3.26. The predicted molar refractivity (Wildman–Crippen MR) is 97.2 cm³/mol. The molecule has 1 saturated heterocycles. The molecule has 0 unspecified atom stereocenters. The number of ether oxygens (including phenoxy) is 1. The van der Waals surface area contributed by atoms with Crippen molar-refractivity contribution >= 4 is 11.8 Å². The molecule has 8 heteroatoms. The van der Waals surface area contributed by atoms with Crippen molar-refractivity contribution in [3.05, 3.63) is 46.7 Å². The zero-order valence-electron chi connectivity index (χ0n) is 15.4. The third kappa shape index (κ3) is 3.50. The molecule has 2 amide bonds. The molecule has 2 aliphatic rings. The Hall–Kier alpha value is -2.58. The van der Waals surface area contributed by atoms with Gasteiger partial charge in [0, 0.05) is 32.4 Å². The van der Waals surface area contributed by atoms with Gasteiger partial charge < -0.3 is 24.4 Å². The van der Waals surface area contributed by atoms with Gasteiger partial charge in [-0.05, 0) is 24.1 Å². The lowest BCUT2D eigenvalue weighted by molar-refractivity contribution is 0.0313. The van der Waals surface area contributed by atoms with Gasteiger partial charge >= 0.3 is 0 Å². The summed E-state index contributed by atoms with van der Waals surface area (Å²) in [5, 5.41) is 0. The van der Waals surface area contributed by atoms with Crippen LogP contribution in [0.4, 0.5) is 0 Å². The maximum Gasteiger partial charge on any atom is 0.265 e. The van der Waals surface area contributed by atoms with E-state index in [1.165, 1.54) is 6.26 Å². The molecule has 0 radical (unpaired) electrons. The van der Waals surface area contributed by atoms with Gasteiger partial charge in [0.15, 0.2) is 0 Å². The fourth-order valence-corrected chi connectivity index (χ4v) is 3.79. The highest BCUT2D eigenvalue weighted by molar-refractivity contribution is 5.94. The fourth-order valence-electron chi connectivity index (χ4n) is 3.79. The van der Waals surface area contributed by atoms with Gasteiger partial charge in [-0.15, -0.1) is 0 Å². The van der Waals surface area contributed by atoms with Crippen LogP contribution in [0.2, 0.25) is 0 Å². The van der Waals surface area contributed by atoms with Crippen LogP contribution in [0.5, 0.6) is 0 Å². The minimum Gasteiger partial charge on any atom is -0.467 e. The summed E-state index contributed by atoms with van der Waals surface area (Å²) in [6.45, 7) is 4.95. The van der Waals surface area contributed by atoms with Crippen molar-refractivity contribution in [2.24, 2.45) is 12.8 Å². The minimum absolute atomic E-state index is 0.0561. The number of morpholine rings is 1. The molecule has 4 rings (SSSR count). The fraction of sp³-hybridized carbons (Fsp3) is 0.474. The summed E-state index contributed by atoms with van der Waals surface area (Å²) in [5.41, 5.74) is 8.50. The molecule has 4 heterocycles. The molecule has 0 saturated carbocycles. The number of hydrogen-bond acceptors (Lipinski definition) is 5. The Bertz CT molecular complexity index is 863. The first-order valence-corrected chi connectivity index (χ1v) is 9.17. The van der Waals surface area contributed by atoms with E-state index in [-0.39, 0.29) is 5.91 Å². The van der Waals surface area contributed by atoms with E-state index in [4.69, 9.17) is 14.9 Å². The number of carbonyl (C=O) groups excluding carboxylic acids is 2. The van der Waals surface area contributed by atoms with E-state index < -0.39 is 5.91 Å². The second-order valence-corrected chi connectivity index (χ2v) is 7.09. The molecule has 2 aromatic heterocycles. The Morgan fingerprint density at radius 3 is 2.70 bits per heavy atom. The standard InChI is InChI=1S/C19H24N4O4/c1-21-16(18(20)24)9-13-2-3-23(11-17(13)21)19(25)14-8-15(27-12-14)10-22-4-6-26-7-5-22/h8-9,12H,2-7,10-11H2,1H3,(H2,20,24). The topological polar surface area (TPSA) is 93.9 Å². The lowest BCUT2D eigenvalue weighted by Gasteiger charge is -2.27. The summed E-state index contributed by atoms with van der Waals surface area (Å²) in [6.07, 6.45) is 2.24. The van der Waals surface area contributed by atoms with Gasteiger partial charge in [0.2, 0.25) is 0 Å². The van der Waals surface area contributed by atoms with Crippen LogP contribution >= 0.6 is 0 Å². The van der Waals surface area contributed by atoms with Gasteiger partial charge in [-0.2, -0.15) is 0 Å². The number of hydrogen-bond donors (Lipinski definition) is 1. The number of nitrogens with two attached hydrogens (primary N) is 1. The average molecular weight is 372 g/mol. The minimum atomic E-state index is -0.452. The van der Waals surface area contributed by atoms with Gasteiger partial charge in [-0.25, -0.2) is 0 Å². The van der Waals surface area contributed by atoms with Gasteiger partial charge in [-0.3, -0.25) is 14.5 Å². The summed E-state index contributed by atoms with van der Waals surface area (Å²) in [7, 11) is 1.81. The van der Waals surface area contributed by atoms with Crippen molar-refractivity contribution in [3.63, 3.8) is 0 Å². The number of aromatic nitrogens is 1. The third-order valence-electron chi connectivity index (χ3n) is 5.36. The smallest absolute Gasteiger partial charge is 0.265 e. The molecule has 27 heavy (non-hydrogen) atoms. The highest BCUT2D eigenvalue weighted by atomic mass is 16.5. The molecular formula is C19H24N4O4. The number of rotatable bonds is 4. The van der Waals surface area contributed by atoms with Crippen LogP contribution in [-0.4, -0.2) is 59.0 Å². The molecule has 0 atom stereocenters. The van der Waals surface area contributed by atoms with Gasteiger partial charge in [0.1, 0.15) is 17.7 Å². The molecule has 1 fully saturated rings. The quantitative estimate of drug-likeness (QED) is 0.855. The molecular weight excluding hydrogens is 348 g/mol. The van der Waals surface area contributed by atoms with Crippen LogP contribution in [0.1, 0.15) is 37.9 Å². The van der Waals surface area contributed by atoms with Gasteiger partial charge in [-0.1, -0.05) is 0 Å². The van der Waals surface area contributed by atoms with Crippen LogP contribution < -0.4 is 5.73 Å². The Morgan fingerprint density at radius 2 is 1.96 bits per heavy atom. The summed E-state index contributed by atoms with van der Waals surface area (Å²) in [6, 6.07) is 3.66.